The highest BCUT2D eigenvalue weighted by Crippen LogP contribution is 2.10. The number of nitrogens with zero attached hydrogens (tertiary/aromatic N) is 3. The second-order valence-electron chi connectivity index (χ2n) is 7.80. The molecule has 0 spiro atoms. The SMILES string of the molecule is CCc1ccccc1CNC(=NC)NCc1ccc(CN2CCN(C)CC2)cc1. The summed E-state index contributed by atoms with van der Waals surface area (Å²) >= 11 is 0. The largest absolute Gasteiger partial charge is 0.352 e. The molecule has 29 heavy (non-hydrogen) atoms. The molecule has 5 nitrogen and oxygen atoms in total. The van der Waals surface area contributed by atoms with Gasteiger partial charge < -0.3 is 15.5 Å². The predicted octanol–water partition coefficient (Wildman–Crippen LogP) is 2.86. The molecule has 0 radical (unpaired) electrons. The minimum Gasteiger partial charge on any atom is -0.352 e. The first kappa shape index (κ1) is 21.3. The van der Waals surface area contributed by atoms with Crippen LogP contribution in [0.1, 0.15) is 29.2 Å². The summed E-state index contributed by atoms with van der Waals surface area (Å²) < 4.78 is 0. The van der Waals surface area contributed by atoms with E-state index >= 15 is 0 Å². The van der Waals surface area contributed by atoms with Crippen LogP contribution in [0.25, 0.3) is 0 Å². The average Bonchev–Trinajstić information content (AvgIpc) is 2.76. The van der Waals surface area contributed by atoms with Crippen LogP contribution < -0.4 is 10.6 Å². The highest BCUT2D eigenvalue weighted by atomic mass is 15.2. The van der Waals surface area contributed by atoms with E-state index < -0.39 is 0 Å². The number of rotatable bonds is 7. The Morgan fingerprint density at radius 2 is 1.48 bits per heavy atom. The summed E-state index contributed by atoms with van der Waals surface area (Å²) in [5.74, 6) is 0.831. The molecule has 0 unspecified atom stereocenters. The van der Waals surface area contributed by atoms with E-state index in [0.717, 1.165) is 58.2 Å². The normalized spacial score (nSPS) is 16.0. The molecule has 3 rings (SSSR count). The second kappa shape index (κ2) is 11.0. The second-order valence-corrected chi connectivity index (χ2v) is 7.80. The van der Waals surface area contributed by atoms with E-state index in [4.69, 9.17) is 0 Å². The fourth-order valence-electron chi connectivity index (χ4n) is 3.69. The maximum Gasteiger partial charge on any atom is 0.191 e. The van der Waals surface area contributed by atoms with Crippen LogP contribution in [0.2, 0.25) is 0 Å². The fourth-order valence-corrected chi connectivity index (χ4v) is 3.69. The van der Waals surface area contributed by atoms with Gasteiger partial charge in [-0.25, -0.2) is 0 Å². The molecular formula is C24H35N5. The third-order valence-corrected chi connectivity index (χ3v) is 5.65. The number of aryl methyl sites for hydroxylation is 1. The monoisotopic (exact) mass is 393 g/mol. The van der Waals surface area contributed by atoms with Crippen molar-refractivity contribution in [2.24, 2.45) is 4.99 Å². The van der Waals surface area contributed by atoms with Crippen LogP contribution >= 0.6 is 0 Å². The van der Waals surface area contributed by atoms with Gasteiger partial charge in [-0.1, -0.05) is 55.5 Å². The van der Waals surface area contributed by atoms with Crippen molar-refractivity contribution in [3.05, 3.63) is 70.8 Å². The number of guanidine groups is 1. The average molecular weight is 394 g/mol. The van der Waals surface area contributed by atoms with E-state index in [1.165, 1.54) is 22.3 Å². The number of hydrogen-bond acceptors (Lipinski definition) is 3. The van der Waals surface area contributed by atoms with Crippen molar-refractivity contribution in [2.75, 3.05) is 40.3 Å². The lowest BCUT2D eigenvalue weighted by Crippen LogP contribution is -2.43. The zero-order chi connectivity index (χ0) is 20.5. The number of nitrogens with one attached hydrogen (secondary N) is 2. The standard InChI is InChI=1S/C24H35N5/c1-4-22-7-5-6-8-23(22)18-27-24(25-2)26-17-20-9-11-21(12-10-20)19-29-15-13-28(3)14-16-29/h5-12H,4,13-19H2,1-3H3,(H2,25,26,27). The Labute approximate surface area is 175 Å². The van der Waals surface area contributed by atoms with Gasteiger partial charge in [0.25, 0.3) is 0 Å². The van der Waals surface area contributed by atoms with Gasteiger partial charge in [0.2, 0.25) is 0 Å². The Morgan fingerprint density at radius 3 is 2.14 bits per heavy atom. The van der Waals surface area contributed by atoms with E-state index in [1.807, 2.05) is 7.05 Å². The maximum absolute atomic E-state index is 4.36. The van der Waals surface area contributed by atoms with Crippen molar-refractivity contribution >= 4 is 5.96 Å². The number of piperazine rings is 1. The van der Waals surface area contributed by atoms with Gasteiger partial charge in [0.05, 0.1) is 0 Å². The summed E-state index contributed by atoms with van der Waals surface area (Å²) in [4.78, 5) is 9.29. The fraction of sp³-hybridized carbons (Fsp3) is 0.458. The molecule has 1 heterocycles. The summed E-state index contributed by atoms with van der Waals surface area (Å²) in [5.41, 5.74) is 5.36. The molecular weight excluding hydrogens is 358 g/mol. The molecule has 1 saturated heterocycles. The number of benzene rings is 2. The zero-order valence-corrected chi connectivity index (χ0v) is 18.1. The molecule has 0 bridgehead atoms. The van der Waals surface area contributed by atoms with Gasteiger partial charge in [0.1, 0.15) is 0 Å². The maximum atomic E-state index is 4.36. The Hall–Kier alpha value is -2.37. The number of aliphatic imine (C=N–C) groups is 1. The quantitative estimate of drug-likeness (QED) is 0.561. The van der Waals surface area contributed by atoms with Gasteiger partial charge in [0, 0.05) is 52.9 Å². The first-order valence-corrected chi connectivity index (χ1v) is 10.7. The molecule has 5 heteroatoms. The van der Waals surface area contributed by atoms with Crippen molar-refractivity contribution in [2.45, 2.75) is 33.0 Å². The van der Waals surface area contributed by atoms with Gasteiger partial charge in [-0.2, -0.15) is 0 Å². The van der Waals surface area contributed by atoms with Gasteiger partial charge in [-0.15, -0.1) is 0 Å². The Bertz CT molecular complexity index is 776. The minimum atomic E-state index is 0.768. The number of likely N-dealkylation sites (N-methyl/N-ethyl adjacent to an activating group) is 1. The highest BCUT2D eigenvalue weighted by molar-refractivity contribution is 5.79. The topological polar surface area (TPSA) is 42.9 Å². The van der Waals surface area contributed by atoms with Gasteiger partial charge in [0.15, 0.2) is 5.96 Å². The van der Waals surface area contributed by atoms with Crippen molar-refractivity contribution < 1.29 is 0 Å². The van der Waals surface area contributed by atoms with Gasteiger partial charge >= 0.3 is 0 Å². The molecule has 0 aliphatic carbocycles. The molecule has 1 fully saturated rings. The molecule has 0 aromatic heterocycles. The van der Waals surface area contributed by atoms with Gasteiger partial charge in [-0.05, 0) is 35.7 Å². The smallest absolute Gasteiger partial charge is 0.191 e. The number of hydrogen-bond donors (Lipinski definition) is 2. The molecule has 0 atom stereocenters. The van der Waals surface area contributed by atoms with Crippen molar-refractivity contribution in [3.8, 4) is 0 Å². The van der Waals surface area contributed by atoms with E-state index in [9.17, 15) is 0 Å². The van der Waals surface area contributed by atoms with Crippen molar-refractivity contribution in [3.63, 3.8) is 0 Å². The van der Waals surface area contributed by atoms with Crippen molar-refractivity contribution in [1.82, 2.24) is 20.4 Å². The molecule has 2 aromatic rings. The Balaban J connectivity index is 1.45. The van der Waals surface area contributed by atoms with E-state index in [2.05, 4.69) is 87.9 Å². The molecule has 1 aliphatic heterocycles. The van der Waals surface area contributed by atoms with Crippen LogP contribution in [0.3, 0.4) is 0 Å². The summed E-state index contributed by atoms with van der Waals surface area (Å²) in [6, 6.07) is 17.5. The van der Waals surface area contributed by atoms with Crippen LogP contribution in [0, 0.1) is 0 Å². The molecule has 0 saturated carbocycles. The molecule has 2 aromatic carbocycles. The summed E-state index contributed by atoms with van der Waals surface area (Å²) in [6.07, 6.45) is 1.05. The summed E-state index contributed by atoms with van der Waals surface area (Å²) in [6.45, 7) is 9.43. The first-order valence-electron chi connectivity index (χ1n) is 10.7. The van der Waals surface area contributed by atoms with Crippen LogP contribution in [-0.2, 0) is 26.1 Å². The molecule has 0 amide bonds. The van der Waals surface area contributed by atoms with Crippen LogP contribution in [-0.4, -0.2) is 56.0 Å². The van der Waals surface area contributed by atoms with Gasteiger partial charge in [-0.3, -0.25) is 9.89 Å². The van der Waals surface area contributed by atoms with E-state index in [1.54, 1.807) is 0 Å². The van der Waals surface area contributed by atoms with E-state index in [-0.39, 0.29) is 0 Å². The van der Waals surface area contributed by atoms with Crippen LogP contribution in [0.5, 0.6) is 0 Å². The first-order chi connectivity index (χ1) is 14.2. The molecule has 1 aliphatic rings. The minimum absolute atomic E-state index is 0.768. The molecule has 2 N–H and O–H groups in total. The predicted molar refractivity (Wildman–Crippen MR) is 122 cm³/mol. The summed E-state index contributed by atoms with van der Waals surface area (Å²) in [7, 11) is 4.02. The van der Waals surface area contributed by atoms with Crippen LogP contribution in [0.4, 0.5) is 0 Å². The third-order valence-electron chi connectivity index (χ3n) is 5.65. The zero-order valence-electron chi connectivity index (χ0n) is 18.1. The summed E-state index contributed by atoms with van der Waals surface area (Å²) in [5, 5.41) is 6.85. The highest BCUT2D eigenvalue weighted by Gasteiger charge is 2.13. The Morgan fingerprint density at radius 1 is 0.862 bits per heavy atom. The lowest BCUT2D eigenvalue weighted by Gasteiger charge is -2.32. The van der Waals surface area contributed by atoms with E-state index in [0.29, 0.717) is 0 Å². The Kier molecular flexibility index (Phi) is 8.08. The third kappa shape index (κ3) is 6.58. The van der Waals surface area contributed by atoms with Crippen LogP contribution in [0.15, 0.2) is 53.5 Å². The lowest BCUT2D eigenvalue weighted by molar-refractivity contribution is 0.148. The van der Waals surface area contributed by atoms with Crippen molar-refractivity contribution in [1.29, 1.82) is 0 Å². The molecule has 156 valence electrons. The lowest BCUT2D eigenvalue weighted by atomic mass is 10.1.